The molecule has 0 atom stereocenters. The highest BCUT2D eigenvalue weighted by Gasteiger charge is 2.30. The maximum absolute atomic E-state index is 13.2. The molecule has 3 rings (SSSR count). The number of nitrogens with one attached hydrogen (secondary N) is 1. The second-order valence-electron chi connectivity index (χ2n) is 7.86. The Labute approximate surface area is 189 Å². The molecule has 0 fully saturated rings. The molecular weight excluding hydrogens is 435 g/mol. The molecule has 0 aliphatic heterocycles. The molecule has 7 nitrogen and oxygen atoms in total. The Morgan fingerprint density at radius 2 is 1.73 bits per heavy atom. The van der Waals surface area contributed by atoms with E-state index in [0.717, 1.165) is 34.4 Å². The number of benzene rings is 2. The van der Waals surface area contributed by atoms with Crippen molar-refractivity contribution in [2.75, 3.05) is 24.3 Å². The predicted octanol–water partition coefficient (Wildman–Crippen LogP) is 4.08. The van der Waals surface area contributed by atoms with Crippen LogP contribution in [-0.4, -0.2) is 28.2 Å². The molecule has 0 unspecified atom stereocenters. The third kappa shape index (κ3) is 5.82. The first-order valence-corrected chi connectivity index (χ1v) is 10.5. The van der Waals surface area contributed by atoms with E-state index in [0.29, 0.717) is 6.42 Å². The van der Waals surface area contributed by atoms with Crippen molar-refractivity contribution in [3.63, 3.8) is 0 Å². The summed E-state index contributed by atoms with van der Waals surface area (Å²) in [6.45, 7) is 2.24. The molecule has 1 N–H and O–H groups in total. The summed E-state index contributed by atoms with van der Waals surface area (Å²) in [5.41, 5.74) is -0.357. The van der Waals surface area contributed by atoms with Gasteiger partial charge in [-0.15, -0.1) is 0 Å². The molecular formula is C23H26F3N5O2. The molecule has 0 aliphatic carbocycles. The van der Waals surface area contributed by atoms with Gasteiger partial charge >= 0.3 is 17.6 Å². The van der Waals surface area contributed by atoms with Gasteiger partial charge in [0.15, 0.2) is 0 Å². The molecule has 0 saturated carbocycles. The number of halogens is 3. The van der Waals surface area contributed by atoms with Gasteiger partial charge in [0.05, 0.1) is 12.1 Å². The van der Waals surface area contributed by atoms with Gasteiger partial charge in [-0.1, -0.05) is 31.5 Å². The van der Waals surface area contributed by atoms with Crippen LogP contribution in [0.1, 0.15) is 30.9 Å². The Morgan fingerprint density at radius 3 is 2.33 bits per heavy atom. The summed E-state index contributed by atoms with van der Waals surface area (Å²) in [5, 5.41) is 2.73. The van der Waals surface area contributed by atoms with Crippen LogP contribution in [0.2, 0.25) is 0 Å². The zero-order valence-electron chi connectivity index (χ0n) is 18.7. The van der Waals surface area contributed by atoms with E-state index in [4.69, 9.17) is 0 Å². The zero-order chi connectivity index (χ0) is 24.2. The van der Waals surface area contributed by atoms with Crippen molar-refractivity contribution in [1.29, 1.82) is 0 Å². The van der Waals surface area contributed by atoms with E-state index >= 15 is 0 Å². The number of unbranched alkanes of at least 4 members (excludes halogenated alkanes) is 1. The lowest BCUT2D eigenvalue weighted by Gasteiger charge is -2.17. The highest BCUT2D eigenvalue weighted by molar-refractivity contribution is 5.55. The highest BCUT2D eigenvalue weighted by atomic mass is 19.4. The smallest absolute Gasteiger partial charge is 0.378 e. The highest BCUT2D eigenvalue weighted by Crippen LogP contribution is 2.31. The Balaban J connectivity index is 2.05. The molecule has 33 heavy (non-hydrogen) atoms. The maximum atomic E-state index is 13.2. The molecule has 10 heteroatoms. The first-order chi connectivity index (χ1) is 15.6. The van der Waals surface area contributed by atoms with Crippen LogP contribution in [0.25, 0.3) is 0 Å². The quantitative estimate of drug-likeness (QED) is 0.547. The van der Waals surface area contributed by atoms with E-state index in [1.54, 1.807) is 0 Å². The van der Waals surface area contributed by atoms with E-state index in [2.05, 4.69) is 10.3 Å². The van der Waals surface area contributed by atoms with Gasteiger partial charge in [-0.05, 0) is 42.3 Å². The third-order valence-corrected chi connectivity index (χ3v) is 5.12. The number of nitrogens with zero attached hydrogens (tertiary/aromatic N) is 4. The largest absolute Gasteiger partial charge is 0.416 e. The summed E-state index contributed by atoms with van der Waals surface area (Å²) < 4.78 is 41.6. The third-order valence-electron chi connectivity index (χ3n) is 5.12. The van der Waals surface area contributed by atoms with Gasteiger partial charge in [-0.2, -0.15) is 18.2 Å². The van der Waals surface area contributed by atoms with Crippen molar-refractivity contribution >= 4 is 17.3 Å². The summed E-state index contributed by atoms with van der Waals surface area (Å²) in [4.78, 5) is 31.6. The molecule has 0 saturated heterocycles. The van der Waals surface area contributed by atoms with Gasteiger partial charge in [0.2, 0.25) is 5.95 Å². The van der Waals surface area contributed by atoms with Crippen LogP contribution in [0.15, 0.2) is 58.1 Å². The fourth-order valence-corrected chi connectivity index (χ4v) is 3.26. The molecule has 1 heterocycles. The van der Waals surface area contributed by atoms with Crippen molar-refractivity contribution in [3.05, 3.63) is 80.6 Å². The molecule has 0 radical (unpaired) electrons. The summed E-state index contributed by atoms with van der Waals surface area (Å²) in [5.74, 6) is -0.117. The van der Waals surface area contributed by atoms with Crippen molar-refractivity contribution in [1.82, 2.24) is 14.1 Å². The van der Waals surface area contributed by atoms with E-state index in [1.807, 2.05) is 50.2 Å². The monoisotopic (exact) mass is 461 g/mol. The van der Waals surface area contributed by atoms with Gasteiger partial charge in [0.25, 0.3) is 0 Å². The van der Waals surface area contributed by atoms with Crippen LogP contribution in [0.5, 0.6) is 0 Å². The summed E-state index contributed by atoms with van der Waals surface area (Å²) in [7, 11) is 3.81. The average molecular weight is 461 g/mol. The number of rotatable bonds is 8. The zero-order valence-corrected chi connectivity index (χ0v) is 18.7. The Bertz CT molecular complexity index is 1210. The predicted molar refractivity (Wildman–Crippen MR) is 122 cm³/mol. The van der Waals surface area contributed by atoms with Crippen molar-refractivity contribution < 1.29 is 13.2 Å². The van der Waals surface area contributed by atoms with Crippen LogP contribution in [-0.2, 0) is 19.3 Å². The van der Waals surface area contributed by atoms with Gasteiger partial charge in [0, 0.05) is 32.0 Å². The second-order valence-corrected chi connectivity index (χ2v) is 7.86. The number of alkyl halides is 3. The molecule has 176 valence electrons. The van der Waals surface area contributed by atoms with Crippen LogP contribution in [0.4, 0.5) is 30.5 Å². The summed E-state index contributed by atoms with van der Waals surface area (Å²) >= 11 is 0. The van der Waals surface area contributed by atoms with E-state index < -0.39 is 23.1 Å². The van der Waals surface area contributed by atoms with Gasteiger partial charge in [0.1, 0.15) is 0 Å². The standard InChI is InChI=1S/C23H26F3N5O2/c1-4-5-13-30-21(32)28-20(27-18-8-6-7-17(14-18)23(24,25)26)31(22(30)33)15-16-9-11-19(12-10-16)29(2)3/h6-12,14H,4-5,13,15H2,1-3H3,(H,27,28,32). The van der Waals surface area contributed by atoms with Crippen molar-refractivity contribution in [2.24, 2.45) is 0 Å². The molecule has 0 spiro atoms. The topological polar surface area (TPSA) is 72.2 Å². The SMILES string of the molecule is CCCCn1c(=O)nc(Nc2cccc(C(F)(F)F)c2)n(Cc2ccc(N(C)C)cc2)c1=O. The van der Waals surface area contributed by atoms with Gasteiger partial charge < -0.3 is 10.2 Å². The molecule has 1 aromatic heterocycles. The lowest BCUT2D eigenvalue weighted by Crippen LogP contribution is -2.42. The molecule has 0 bridgehead atoms. The minimum absolute atomic E-state index is 0.0686. The molecule has 3 aromatic rings. The minimum atomic E-state index is -4.53. The number of hydrogen-bond acceptors (Lipinski definition) is 5. The van der Waals surface area contributed by atoms with Crippen molar-refractivity contribution in [2.45, 2.75) is 39.0 Å². The minimum Gasteiger partial charge on any atom is -0.378 e. The van der Waals surface area contributed by atoms with Crippen LogP contribution in [0.3, 0.4) is 0 Å². The normalized spacial score (nSPS) is 11.5. The number of aromatic nitrogens is 3. The Kier molecular flexibility index (Phi) is 7.25. The van der Waals surface area contributed by atoms with E-state index in [-0.39, 0.29) is 24.7 Å². The maximum Gasteiger partial charge on any atom is 0.416 e. The van der Waals surface area contributed by atoms with E-state index in [1.165, 1.54) is 16.7 Å². The average Bonchev–Trinajstić information content (AvgIpc) is 2.76. The fraction of sp³-hybridized carbons (Fsp3) is 0.348. The first kappa shape index (κ1) is 24.1. The Hall–Kier alpha value is -3.56. The van der Waals surface area contributed by atoms with Gasteiger partial charge in [-0.25, -0.2) is 14.2 Å². The number of anilines is 3. The van der Waals surface area contributed by atoms with E-state index in [9.17, 15) is 22.8 Å². The van der Waals surface area contributed by atoms with Crippen LogP contribution < -0.4 is 21.6 Å². The summed E-state index contributed by atoms with van der Waals surface area (Å²) in [6, 6.07) is 12.0. The molecule has 2 aromatic carbocycles. The first-order valence-electron chi connectivity index (χ1n) is 10.5. The van der Waals surface area contributed by atoms with Gasteiger partial charge in [-0.3, -0.25) is 4.57 Å². The Morgan fingerprint density at radius 1 is 1.03 bits per heavy atom. The summed E-state index contributed by atoms with van der Waals surface area (Å²) in [6.07, 6.45) is -3.13. The molecule has 0 amide bonds. The fourth-order valence-electron chi connectivity index (χ4n) is 3.26. The lowest BCUT2D eigenvalue weighted by atomic mass is 10.2. The molecule has 0 aliphatic rings. The van der Waals surface area contributed by atoms with Crippen LogP contribution in [0, 0.1) is 0 Å². The lowest BCUT2D eigenvalue weighted by molar-refractivity contribution is -0.137. The van der Waals surface area contributed by atoms with Crippen molar-refractivity contribution in [3.8, 4) is 0 Å². The van der Waals surface area contributed by atoms with Crippen LogP contribution >= 0.6 is 0 Å². The second kappa shape index (κ2) is 9.93. The number of hydrogen-bond donors (Lipinski definition) is 1.